The first-order valence-electron chi connectivity index (χ1n) is 5.87. The lowest BCUT2D eigenvalue weighted by Gasteiger charge is -2.08. The van der Waals surface area contributed by atoms with E-state index in [1.54, 1.807) is 6.20 Å². The molecule has 0 saturated heterocycles. The molecule has 0 atom stereocenters. The number of rotatable bonds is 6. The lowest BCUT2D eigenvalue weighted by Crippen LogP contribution is -2.07. The molecule has 96 valence electrons. The van der Waals surface area contributed by atoms with Crippen LogP contribution < -0.4 is 4.74 Å². The molecule has 0 bridgehead atoms. The van der Waals surface area contributed by atoms with Gasteiger partial charge in [-0.05, 0) is 30.8 Å². The van der Waals surface area contributed by atoms with Gasteiger partial charge in [0.25, 0.3) is 0 Å². The van der Waals surface area contributed by atoms with Crippen LogP contribution in [-0.4, -0.2) is 21.3 Å². The Morgan fingerprint density at radius 1 is 1.28 bits per heavy atom. The minimum Gasteiger partial charge on any atom is -0.494 e. The first-order chi connectivity index (χ1) is 8.81. The molecular formula is C13H16N2O2S. The van der Waals surface area contributed by atoms with Crippen molar-refractivity contribution in [3.05, 3.63) is 47.0 Å². The van der Waals surface area contributed by atoms with Gasteiger partial charge in [-0.2, -0.15) is 0 Å². The summed E-state index contributed by atoms with van der Waals surface area (Å²) >= 11 is 5.14. The van der Waals surface area contributed by atoms with E-state index in [4.69, 9.17) is 22.1 Å². The first kappa shape index (κ1) is 12.9. The first-order valence-corrected chi connectivity index (χ1v) is 6.28. The van der Waals surface area contributed by atoms with Crippen LogP contribution in [0.25, 0.3) is 0 Å². The molecule has 1 aromatic heterocycles. The lowest BCUT2D eigenvalue weighted by atomic mass is 10.3. The zero-order valence-corrected chi connectivity index (χ0v) is 10.8. The van der Waals surface area contributed by atoms with E-state index in [0.717, 1.165) is 24.4 Å². The Hall–Kier alpha value is -1.59. The highest BCUT2D eigenvalue weighted by atomic mass is 32.1. The highest BCUT2D eigenvalue weighted by molar-refractivity contribution is 7.71. The van der Waals surface area contributed by atoms with Crippen LogP contribution in [-0.2, 0) is 13.2 Å². The molecule has 2 N–H and O–H groups in total. The molecule has 0 aliphatic rings. The van der Waals surface area contributed by atoms with Gasteiger partial charge in [0.2, 0.25) is 0 Å². The van der Waals surface area contributed by atoms with Crippen molar-refractivity contribution >= 4 is 12.2 Å². The van der Waals surface area contributed by atoms with Gasteiger partial charge >= 0.3 is 0 Å². The van der Waals surface area contributed by atoms with Crippen LogP contribution in [0.3, 0.4) is 0 Å². The van der Waals surface area contributed by atoms with Crippen LogP contribution in [0.15, 0.2) is 36.5 Å². The number of aromatic amines is 1. The Morgan fingerprint density at radius 2 is 2.06 bits per heavy atom. The van der Waals surface area contributed by atoms with Crippen LogP contribution in [0.4, 0.5) is 0 Å². The zero-order chi connectivity index (χ0) is 12.8. The number of aliphatic hydroxyl groups is 1. The maximum atomic E-state index is 9.15. The number of imidazole rings is 1. The predicted molar refractivity (Wildman–Crippen MR) is 72.1 cm³/mol. The number of hydrogen-bond donors (Lipinski definition) is 2. The van der Waals surface area contributed by atoms with Crippen molar-refractivity contribution in [3.63, 3.8) is 0 Å². The van der Waals surface area contributed by atoms with Crippen LogP contribution in [0.1, 0.15) is 12.1 Å². The largest absolute Gasteiger partial charge is 0.494 e. The number of H-pyrrole nitrogens is 1. The number of ether oxygens (including phenoxy) is 1. The molecule has 4 nitrogen and oxygen atoms in total. The third-order valence-corrected chi connectivity index (χ3v) is 2.99. The van der Waals surface area contributed by atoms with Crippen molar-refractivity contribution in [1.29, 1.82) is 0 Å². The van der Waals surface area contributed by atoms with E-state index in [9.17, 15) is 0 Å². The van der Waals surface area contributed by atoms with E-state index < -0.39 is 0 Å². The van der Waals surface area contributed by atoms with Gasteiger partial charge in [0, 0.05) is 12.7 Å². The molecule has 2 rings (SSSR count). The van der Waals surface area contributed by atoms with Crippen LogP contribution in [0.5, 0.6) is 5.75 Å². The van der Waals surface area contributed by atoms with E-state index in [-0.39, 0.29) is 6.61 Å². The Balaban J connectivity index is 1.82. The monoisotopic (exact) mass is 264 g/mol. The third kappa shape index (κ3) is 3.21. The summed E-state index contributed by atoms with van der Waals surface area (Å²) in [7, 11) is 0. The van der Waals surface area contributed by atoms with Crippen LogP contribution in [0.2, 0.25) is 0 Å². The van der Waals surface area contributed by atoms with Gasteiger partial charge in [0.1, 0.15) is 5.75 Å². The average molecular weight is 264 g/mol. The molecule has 0 unspecified atom stereocenters. The molecule has 0 radical (unpaired) electrons. The number of nitrogens with zero attached hydrogens (tertiary/aromatic N) is 1. The summed E-state index contributed by atoms with van der Waals surface area (Å²) in [5.41, 5.74) is 0.805. The smallest absolute Gasteiger partial charge is 0.177 e. The van der Waals surface area contributed by atoms with Gasteiger partial charge in [0.05, 0.1) is 18.9 Å². The molecule has 0 aliphatic carbocycles. The van der Waals surface area contributed by atoms with Crippen molar-refractivity contribution in [3.8, 4) is 5.75 Å². The highest BCUT2D eigenvalue weighted by Gasteiger charge is 2.02. The summed E-state index contributed by atoms with van der Waals surface area (Å²) in [5.74, 6) is 0.873. The number of nitrogens with one attached hydrogen (secondary N) is 1. The topological polar surface area (TPSA) is 50.2 Å². The second-order valence-electron chi connectivity index (χ2n) is 3.91. The zero-order valence-electron chi connectivity index (χ0n) is 10.0. The minimum atomic E-state index is -0.00726. The summed E-state index contributed by atoms with van der Waals surface area (Å²) in [6, 6.07) is 9.71. The van der Waals surface area contributed by atoms with Crippen molar-refractivity contribution in [2.45, 2.75) is 19.6 Å². The Kier molecular flexibility index (Phi) is 4.55. The molecule has 2 aromatic rings. The summed E-state index contributed by atoms with van der Waals surface area (Å²) in [5, 5.41) is 9.15. The fraction of sp³-hybridized carbons (Fsp3) is 0.308. The number of para-hydroxylation sites is 1. The molecule has 18 heavy (non-hydrogen) atoms. The maximum Gasteiger partial charge on any atom is 0.177 e. The number of benzene rings is 1. The molecule has 1 heterocycles. The van der Waals surface area contributed by atoms with E-state index in [1.165, 1.54) is 0 Å². The fourth-order valence-corrected chi connectivity index (χ4v) is 2.00. The summed E-state index contributed by atoms with van der Waals surface area (Å²) in [6.45, 7) is 1.36. The van der Waals surface area contributed by atoms with Gasteiger partial charge in [-0.1, -0.05) is 18.2 Å². The highest BCUT2D eigenvalue weighted by Crippen LogP contribution is 2.09. The van der Waals surface area contributed by atoms with Gasteiger partial charge in [-0.15, -0.1) is 0 Å². The van der Waals surface area contributed by atoms with Crippen molar-refractivity contribution in [1.82, 2.24) is 9.55 Å². The van der Waals surface area contributed by atoms with Crippen molar-refractivity contribution < 1.29 is 9.84 Å². The SMILES string of the molecule is OCc1c[nH]c(=S)n1CCCOc1ccccc1. The van der Waals surface area contributed by atoms with Gasteiger partial charge in [0.15, 0.2) is 4.77 Å². The standard InChI is InChI=1S/C13H16N2O2S/c16-10-11-9-14-13(18)15(11)7-4-8-17-12-5-2-1-3-6-12/h1-3,5-6,9,16H,4,7-8,10H2,(H,14,18). The third-order valence-electron chi connectivity index (χ3n) is 2.65. The molecule has 0 fully saturated rings. The quantitative estimate of drug-likeness (QED) is 0.622. The van der Waals surface area contributed by atoms with Crippen LogP contribution in [0, 0.1) is 4.77 Å². The average Bonchev–Trinajstić information content (AvgIpc) is 2.77. The van der Waals surface area contributed by atoms with E-state index in [0.29, 0.717) is 11.4 Å². The van der Waals surface area contributed by atoms with E-state index >= 15 is 0 Å². The molecule has 0 amide bonds. The summed E-state index contributed by atoms with van der Waals surface area (Å²) in [4.78, 5) is 2.92. The molecule has 0 aliphatic heterocycles. The second kappa shape index (κ2) is 6.37. The number of aliphatic hydroxyl groups excluding tert-OH is 1. The Morgan fingerprint density at radius 3 is 2.78 bits per heavy atom. The summed E-state index contributed by atoms with van der Waals surface area (Å²) < 4.78 is 8.13. The predicted octanol–water partition coefficient (Wildman–Crippen LogP) is 2.51. The molecule has 0 saturated carbocycles. The fourth-order valence-electron chi connectivity index (χ4n) is 1.74. The van der Waals surface area contributed by atoms with E-state index in [2.05, 4.69) is 4.98 Å². The van der Waals surface area contributed by atoms with Gasteiger partial charge < -0.3 is 19.4 Å². The Labute approximate surface area is 111 Å². The maximum absolute atomic E-state index is 9.15. The summed E-state index contributed by atoms with van der Waals surface area (Å²) in [6.07, 6.45) is 2.58. The second-order valence-corrected chi connectivity index (χ2v) is 4.30. The normalized spacial score (nSPS) is 10.5. The van der Waals surface area contributed by atoms with Crippen LogP contribution >= 0.6 is 12.2 Å². The molecular weight excluding hydrogens is 248 g/mol. The van der Waals surface area contributed by atoms with E-state index in [1.807, 2.05) is 34.9 Å². The lowest BCUT2D eigenvalue weighted by molar-refractivity contribution is 0.264. The van der Waals surface area contributed by atoms with Gasteiger partial charge in [-0.3, -0.25) is 0 Å². The molecule has 0 spiro atoms. The molecule has 1 aromatic carbocycles. The number of hydrogen-bond acceptors (Lipinski definition) is 3. The minimum absolute atomic E-state index is 0.00726. The van der Waals surface area contributed by atoms with Crippen molar-refractivity contribution in [2.75, 3.05) is 6.61 Å². The Bertz CT molecular complexity index is 533. The molecule has 5 heteroatoms. The van der Waals surface area contributed by atoms with Crippen molar-refractivity contribution in [2.24, 2.45) is 0 Å². The van der Waals surface area contributed by atoms with Gasteiger partial charge in [-0.25, -0.2) is 0 Å². The number of aromatic nitrogens is 2.